The minimum Gasteiger partial charge on any atom is -0.366 e. The number of hydrogen-bond donors (Lipinski definition) is 3. The molecule has 4 rings (SSSR count). The molecule has 1 aliphatic heterocycles. The summed E-state index contributed by atoms with van der Waals surface area (Å²) in [4.78, 5) is 26.0. The molecule has 2 aliphatic rings. The first-order chi connectivity index (χ1) is 15.1. The number of hydrogen-bond acceptors (Lipinski definition) is 6. The van der Waals surface area contributed by atoms with Crippen molar-refractivity contribution in [1.29, 1.82) is 0 Å². The highest BCUT2D eigenvalue weighted by molar-refractivity contribution is 6.33. The van der Waals surface area contributed by atoms with E-state index in [1.807, 2.05) is 0 Å². The van der Waals surface area contributed by atoms with E-state index in [-0.39, 0.29) is 11.8 Å². The van der Waals surface area contributed by atoms with Crippen molar-refractivity contribution in [1.82, 2.24) is 20.3 Å². The molecule has 0 radical (unpaired) electrons. The summed E-state index contributed by atoms with van der Waals surface area (Å²) in [6.45, 7) is 3.89. The van der Waals surface area contributed by atoms with Crippen LogP contribution in [0.5, 0.6) is 0 Å². The van der Waals surface area contributed by atoms with Gasteiger partial charge in [-0.25, -0.2) is 9.97 Å². The van der Waals surface area contributed by atoms with E-state index in [0.717, 1.165) is 25.2 Å². The number of carbonyl (C=O) groups excluding carboxylic acids is 1. The van der Waals surface area contributed by atoms with Crippen molar-refractivity contribution in [2.75, 3.05) is 23.7 Å². The van der Waals surface area contributed by atoms with Crippen LogP contribution in [-0.2, 0) is 4.79 Å². The van der Waals surface area contributed by atoms with Crippen LogP contribution in [0.4, 0.5) is 11.6 Å². The Bertz CT molecular complexity index is 895. The molecule has 8 heteroatoms. The van der Waals surface area contributed by atoms with Crippen LogP contribution in [0.25, 0.3) is 11.3 Å². The predicted molar refractivity (Wildman–Crippen MR) is 124 cm³/mol. The summed E-state index contributed by atoms with van der Waals surface area (Å²) in [6.07, 6.45) is 13.4. The van der Waals surface area contributed by atoms with Crippen LogP contribution in [0.15, 0.2) is 24.7 Å². The molecule has 7 nitrogen and oxygen atoms in total. The molecule has 1 amide bonds. The molecule has 0 unspecified atom stereocenters. The SMILES string of the molecule is C[C@@H](Nc1cncc(-c2cc(NC(=O)[C@@H]3CCCNC3)ncc2Cl)n1)C1CCCCC1. The van der Waals surface area contributed by atoms with Crippen LogP contribution in [0, 0.1) is 11.8 Å². The minimum atomic E-state index is -0.0386. The van der Waals surface area contributed by atoms with Crippen molar-refractivity contribution in [2.24, 2.45) is 11.8 Å². The standard InChI is InChI=1S/C23H31ClN6O/c1-15(16-6-3-2-4-7-16)28-22-14-26-13-20(29-22)18-10-21(27-12-19(18)24)30-23(31)17-8-5-9-25-11-17/h10,12-17,25H,2-9,11H2,1H3,(H,28,29)(H,27,30,31)/t15-,17-/m1/s1. The van der Waals surface area contributed by atoms with E-state index in [0.29, 0.717) is 40.6 Å². The van der Waals surface area contributed by atoms with Gasteiger partial charge in [-0.1, -0.05) is 30.9 Å². The van der Waals surface area contributed by atoms with Crippen LogP contribution in [0.1, 0.15) is 51.9 Å². The molecular formula is C23H31ClN6O. The first-order valence-electron chi connectivity index (χ1n) is 11.4. The van der Waals surface area contributed by atoms with Gasteiger partial charge in [0.2, 0.25) is 5.91 Å². The van der Waals surface area contributed by atoms with Crippen molar-refractivity contribution in [2.45, 2.75) is 57.9 Å². The van der Waals surface area contributed by atoms with E-state index in [2.05, 4.69) is 32.8 Å². The van der Waals surface area contributed by atoms with Gasteiger partial charge < -0.3 is 16.0 Å². The third-order valence-corrected chi connectivity index (χ3v) is 6.72. The lowest BCUT2D eigenvalue weighted by Crippen LogP contribution is -2.37. The lowest BCUT2D eigenvalue weighted by Gasteiger charge is -2.28. The molecule has 0 aromatic carbocycles. The zero-order chi connectivity index (χ0) is 21.6. The Morgan fingerprint density at radius 3 is 2.74 bits per heavy atom. The lowest BCUT2D eigenvalue weighted by atomic mass is 9.84. The molecule has 2 fully saturated rings. The van der Waals surface area contributed by atoms with Gasteiger partial charge in [0.1, 0.15) is 11.6 Å². The van der Waals surface area contributed by atoms with Gasteiger partial charge in [0.25, 0.3) is 0 Å². The van der Waals surface area contributed by atoms with Gasteiger partial charge in [0.15, 0.2) is 0 Å². The molecule has 3 N–H and O–H groups in total. The van der Waals surface area contributed by atoms with Crippen molar-refractivity contribution >= 4 is 29.1 Å². The number of carbonyl (C=O) groups is 1. The van der Waals surface area contributed by atoms with Crippen LogP contribution in [-0.4, -0.2) is 40.0 Å². The van der Waals surface area contributed by atoms with E-state index in [1.165, 1.54) is 32.1 Å². The van der Waals surface area contributed by atoms with Gasteiger partial charge in [0.05, 0.1) is 29.0 Å². The highest BCUT2D eigenvalue weighted by atomic mass is 35.5. The van der Waals surface area contributed by atoms with E-state index in [4.69, 9.17) is 16.6 Å². The monoisotopic (exact) mass is 442 g/mol. The third-order valence-electron chi connectivity index (χ3n) is 6.42. The Hall–Kier alpha value is -2.25. The fourth-order valence-corrected chi connectivity index (χ4v) is 4.76. The quantitative estimate of drug-likeness (QED) is 0.609. The topological polar surface area (TPSA) is 91.8 Å². The third kappa shape index (κ3) is 5.71. The summed E-state index contributed by atoms with van der Waals surface area (Å²) < 4.78 is 0. The maximum absolute atomic E-state index is 12.6. The normalized spacial score (nSPS) is 20.8. The summed E-state index contributed by atoms with van der Waals surface area (Å²) >= 11 is 6.42. The average molecular weight is 443 g/mol. The second-order valence-corrected chi connectivity index (χ2v) is 9.11. The van der Waals surface area contributed by atoms with E-state index < -0.39 is 0 Å². The molecule has 2 atom stereocenters. The van der Waals surface area contributed by atoms with Gasteiger partial charge >= 0.3 is 0 Å². The van der Waals surface area contributed by atoms with Crippen molar-refractivity contribution in [3.8, 4) is 11.3 Å². The fourth-order valence-electron chi connectivity index (χ4n) is 4.56. The Morgan fingerprint density at radius 1 is 1.13 bits per heavy atom. The van der Waals surface area contributed by atoms with Gasteiger partial charge in [0, 0.05) is 24.3 Å². The molecule has 1 aliphatic carbocycles. The molecular weight excluding hydrogens is 412 g/mol. The zero-order valence-electron chi connectivity index (χ0n) is 18.0. The second-order valence-electron chi connectivity index (χ2n) is 8.70. The number of anilines is 2. The fraction of sp³-hybridized carbons (Fsp3) is 0.565. The molecule has 2 aromatic rings. The summed E-state index contributed by atoms with van der Waals surface area (Å²) in [6, 6.07) is 2.12. The average Bonchev–Trinajstić information content (AvgIpc) is 2.81. The molecule has 1 saturated carbocycles. The van der Waals surface area contributed by atoms with Crippen LogP contribution in [0.2, 0.25) is 5.02 Å². The zero-order valence-corrected chi connectivity index (χ0v) is 18.8. The molecule has 3 heterocycles. The Morgan fingerprint density at radius 2 is 1.97 bits per heavy atom. The molecule has 2 aromatic heterocycles. The van der Waals surface area contributed by atoms with Crippen LogP contribution < -0.4 is 16.0 Å². The van der Waals surface area contributed by atoms with E-state index in [1.54, 1.807) is 24.7 Å². The molecule has 0 bridgehead atoms. The van der Waals surface area contributed by atoms with Gasteiger partial charge in [-0.15, -0.1) is 0 Å². The largest absolute Gasteiger partial charge is 0.366 e. The summed E-state index contributed by atoms with van der Waals surface area (Å²) in [7, 11) is 0. The first-order valence-corrected chi connectivity index (χ1v) is 11.7. The smallest absolute Gasteiger partial charge is 0.229 e. The van der Waals surface area contributed by atoms with Crippen molar-refractivity contribution in [3.63, 3.8) is 0 Å². The summed E-state index contributed by atoms with van der Waals surface area (Å²) in [5.74, 6) is 1.83. The number of pyridine rings is 1. The lowest BCUT2D eigenvalue weighted by molar-refractivity contribution is -0.120. The summed E-state index contributed by atoms with van der Waals surface area (Å²) in [5.41, 5.74) is 1.36. The highest BCUT2D eigenvalue weighted by Crippen LogP contribution is 2.30. The molecule has 166 valence electrons. The van der Waals surface area contributed by atoms with Crippen molar-refractivity contribution < 1.29 is 4.79 Å². The Labute approximate surface area is 188 Å². The van der Waals surface area contributed by atoms with Crippen molar-refractivity contribution in [3.05, 3.63) is 29.7 Å². The first kappa shape index (κ1) is 22.0. The van der Waals surface area contributed by atoms with E-state index >= 15 is 0 Å². The second kappa shape index (κ2) is 10.4. The maximum atomic E-state index is 12.6. The highest BCUT2D eigenvalue weighted by Gasteiger charge is 2.22. The maximum Gasteiger partial charge on any atom is 0.229 e. The number of piperidine rings is 1. The van der Waals surface area contributed by atoms with Crippen LogP contribution in [0.3, 0.4) is 0 Å². The molecule has 0 spiro atoms. The number of nitrogens with zero attached hydrogens (tertiary/aromatic N) is 3. The minimum absolute atomic E-state index is 0.0178. The van der Waals surface area contributed by atoms with Gasteiger partial charge in [-0.2, -0.15) is 0 Å². The Kier molecular flexibility index (Phi) is 7.35. The van der Waals surface area contributed by atoms with Crippen LogP contribution >= 0.6 is 11.6 Å². The number of nitrogens with one attached hydrogen (secondary N) is 3. The summed E-state index contributed by atoms with van der Waals surface area (Å²) in [5, 5.41) is 10.2. The number of halogens is 1. The number of aromatic nitrogens is 3. The number of rotatable bonds is 6. The number of amides is 1. The molecule has 1 saturated heterocycles. The molecule has 31 heavy (non-hydrogen) atoms. The Balaban J connectivity index is 1.47. The van der Waals surface area contributed by atoms with E-state index in [9.17, 15) is 4.79 Å². The predicted octanol–water partition coefficient (Wildman–Crippen LogP) is 4.51. The van der Waals surface area contributed by atoms with Gasteiger partial charge in [-0.3, -0.25) is 9.78 Å². The van der Waals surface area contributed by atoms with Gasteiger partial charge in [-0.05, 0) is 51.1 Å².